The van der Waals surface area contributed by atoms with Gasteiger partial charge < -0.3 is 0 Å². The molecule has 4 nitrogen and oxygen atoms in total. The van der Waals surface area contributed by atoms with E-state index in [2.05, 4.69) is 9.97 Å². The molecule has 0 unspecified atom stereocenters. The first-order valence-corrected chi connectivity index (χ1v) is 10.5. The Balaban J connectivity index is 1.58. The van der Waals surface area contributed by atoms with Gasteiger partial charge in [0.1, 0.15) is 9.71 Å². The zero-order chi connectivity index (χ0) is 17.4. The maximum absolute atomic E-state index is 12.3. The summed E-state index contributed by atoms with van der Waals surface area (Å²) in [4.78, 5) is 21.6. The number of thiophene rings is 1. The number of aromatic nitrogens is 3. The van der Waals surface area contributed by atoms with E-state index in [1.165, 1.54) is 23.1 Å². The summed E-state index contributed by atoms with van der Waals surface area (Å²) in [5, 5.41) is 6.21. The Labute approximate surface area is 161 Å². The third kappa shape index (κ3) is 3.25. The van der Waals surface area contributed by atoms with Gasteiger partial charge in [0, 0.05) is 23.7 Å². The molecule has 0 bridgehead atoms. The van der Waals surface area contributed by atoms with Crippen molar-refractivity contribution in [1.82, 2.24) is 14.5 Å². The normalized spacial score (nSPS) is 11.3. The van der Waals surface area contributed by atoms with E-state index in [-0.39, 0.29) is 5.56 Å². The number of rotatable bonds is 4. The highest BCUT2D eigenvalue weighted by Crippen LogP contribution is 2.31. The van der Waals surface area contributed by atoms with Gasteiger partial charge in [-0.2, -0.15) is 0 Å². The summed E-state index contributed by atoms with van der Waals surface area (Å²) in [6.45, 7) is 0. The van der Waals surface area contributed by atoms with Crippen LogP contribution in [-0.4, -0.2) is 14.5 Å². The summed E-state index contributed by atoms with van der Waals surface area (Å²) in [7, 11) is 1.76. The van der Waals surface area contributed by atoms with Gasteiger partial charge in [-0.15, -0.1) is 22.7 Å². The maximum atomic E-state index is 12.3. The summed E-state index contributed by atoms with van der Waals surface area (Å²) >= 11 is 10.7. The molecule has 3 heterocycles. The van der Waals surface area contributed by atoms with Crippen molar-refractivity contribution < 1.29 is 0 Å². The fraction of sp³-hybridized carbons (Fsp3) is 0.118. The Morgan fingerprint density at radius 3 is 2.88 bits per heavy atom. The van der Waals surface area contributed by atoms with Gasteiger partial charge in [0.25, 0.3) is 5.56 Å². The fourth-order valence-corrected chi connectivity index (χ4v) is 5.28. The first kappa shape index (κ1) is 16.8. The van der Waals surface area contributed by atoms with E-state index in [9.17, 15) is 4.79 Å². The number of nitrogens with zero attached hydrogens (tertiary/aromatic N) is 3. The first-order chi connectivity index (χ1) is 12.1. The van der Waals surface area contributed by atoms with Crippen molar-refractivity contribution in [3.63, 3.8) is 0 Å². The van der Waals surface area contributed by atoms with E-state index in [0.717, 1.165) is 21.8 Å². The molecule has 25 heavy (non-hydrogen) atoms. The van der Waals surface area contributed by atoms with Crippen molar-refractivity contribution in [2.24, 2.45) is 7.05 Å². The summed E-state index contributed by atoms with van der Waals surface area (Å²) < 4.78 is 2.30. The molecular formula is C17H12ClN3OS3. The summed E-state index contributed by atoms with van der Waals surface area (Å²) in [6.07, 6.45) is 0. The predicted molar refractivity (Wildman–Crippen MR) is 107 cm³/mol. The van der Waals surface area contributed by atoms with Crippen molar-refractivity contribution >= 4 is 56.3 Å². The number of thiazole rings is 1. The van der Waals surface area contributed by atoms with E-state index in [0.29, 0.717) is 20.6 Å². The second-order valence-electron chi connectivity index (χ2n) is 5.31. The van der Waals surface area contributed by atoms with Crippen molar-refractivity contribution in [2.75, 3.05) is 0 Å². The molecule has 0 spiro atoms. The van der Waals surface area contributed by atoms with Crippen molar-refractivity contribution in [3.05, 3.63) is 62.2 Å². The Hall–Kier alpha value is -1.67. The quantitative estimate of drug-likeness (QED) is 0.351. The predicted octanol–water partition coefficient (Wildman–Crippen LogP) is 5.06. The van der Waals surface area contributed by atoms with Gasteiger partial charge in [-0.05, 0) is 17.5 Å². The first-order valence-electron chi connectivity index (χ1n) is 7.40. The summed E-state index contributed by atoms with van der Waals surface area (Å²) in [5.74, 6) is 0.650. The van der Waals surface area contributed by atoms with Crippen molar-refractivity contribution in [2.45, 2.75) is 10.9 Å². The van der Waals surface area contributed by atoms with E-state index in [4.69, 9.17) is 11.6 Å². The smallest absolute Gasteiger partial charge is 0.271 e. The zero-order valence-corrected chi connectivity index (χ0v) is 16.3. The van der Waals surface area contributed by atoms with Crippen LogP contribution in [0.5, 0.6) is 0 Å². The van der Waals surface area contributed by atoms with Gasteiger partial charge in [0.05, 0.1) is 16.2 Å². The number of thioether (sulfide) groups is 1. The lowest BCUT2D eigenvalue weighted by Gasteiger charge is -2.05. The van der Waals surface area contributed by atoms with E-state index >= 15 is 0 Å². The number of benzene rings is 1. The van der Waals surface area contributed by atoms with Gasteiger partial charge in [0.2, 0.25) is 0 Å². The SMILES string of the molecule is Cn1c(SCc2csc(-c3ccccc3Cl)n2)nc2ccsc2c1=O. The standard InChI is InChI=1S/C17H12ClN3OS3/c1-21-16(22)14-13(6-7-23-14)20-17(21)25-9-10-8-24-15(19-10)11-4-2-3-5-12(11)18/h2-8H,9H2,1H3. The van der Waals surface area contributed by atoms with Crippen LogP contribution in [0.3, 0.4) is 0 Å². The van der Waals surface area contributed by atoms with Crippen LogP contribution in [-0.2, 0) is 12.8 Å². The molecule has 3 aromatic heterocycles. The fourth-order valence-electron chi connectivity index (χ4n) is 2.37. The van der Waals surface area contributed by atoms with Gasteiger partial charge in [-0.25, -0.2) is 9.97 Å². The van der Waals surface area contributed by atoms with Crippen LogP contribution in [0.15, 0.2) is 51.0 Å². The lowest BCUT2D eigenvalue weighted by molar-refractivity contribution is 0.727. The lowest BCUT2D eigenvalue weighted by Crippen LogP contribution is -2.18. The zero-order valence-electron chi connectivity index (χ0n) is 13.1. The topological polar surface area (TPSA) is 47.8 Å². The van der Waals surface area contributed by atoms with Crippen LogP contribution in [0.4, 0.5) is 0 Å². The molecule has 4 aromatic rings. The number of fused-ring (bicyclic) bond motifs is 1. The van der Waals surface area contributed by atoms with Gasteiger partial charge in [-0.1, -0.05) is 41.6 Å². The molecule has 126 valence electrons. The maximum Gasteiger partial charge on any atom is 0.271 e. The molecular weight excluding hydrogens is 394 g/mol. The van der Waals surface area contributed by atoms with Crippen molar-refractivity contribution in [3.8, 4) is 10.6 Å². The van der Waals surface area contributed by atoms with Crippen LogP contribution < -0.4 is 5.56 Å². The molecule has 4 rings (SSSR count). The largest absolute Gasteiger partial charge is 0.290 e. The molecule has 1 aromatic carbocycles. The van der Waals surface area contributed by atoms with E-state index < -0.39 is 0 Å². The van der Waals surface area contributed by atoms with Crippen LogP contribution in [0.1, 0.15) is 5.69 Å². The molecule has 0 radical (unpaired) electrons. The molecule has 0 aliphatic rings. The third-order valence-corrected chi connectivity index (χ3v) is 6.86. The second-order valence-corrected chi connectivity index (χ2v) is 8.43. The van der Waals surface area contributed by atoms with Crippen LogP contribution in [0, 0.1) is 0 Å². The van der Waals surface area contributed by atoms with Crippen LogP contribution in [0.25, 0.3) is 20.8 Å². The number of halogens is 1. The molecule has 0 N–H and O–H groups in total. The molecule has 0 saturated heterocycles. The summed E-state index contributed by atoms with van der Waals surface area (Å²) in [6, 6.07) is 9.57. The summed E-state index contributed by atoms with van der Waals surface area (Å²) in [5.41, 5.74) is 2.64. The molecule has 0 amide bonds. The molecule has 0 atom stereocenters. The molecule has 0 fully saturated rings. The molecule has 0 aliphatic carbocycles. The number of hydrogen-bond donors (Lipinski definition) is 0. The van der Waals surface area contributed by atoms with Crippen LogP contribution in [0.2, 0.25) is 5.02 Å². The minimum atomic E-state index is -0.00228. The average molecular weight is 406 g/mol. The lowest BCUT2D eigenvalue weighted by atomic mass is 10.2. The monoisotopic (exact) mass is 405 g/mol. The average Bonchev–Trinajstić information content (AvgIpc) is 3.26. The second kappa shape index (κ2) is 6.92. The molecule has 0 aliphatic heterocycles. The highest BCUT2D eigenvalue weighted by atomic mass is 35.5. The van der Waals surface area contributed by atoms with Crippen LogP contribution >= 0.6 is 46.0 Å². The van der Waals surface area contributed by atoms with E-state index in [1.807, 2.05) is 41.1 Å². The molecule has 0 saturated carbocycles. The van der Waals surface area contributed by atoms with Crippen molar-refractivity contribution in [1.29, 1.82) is 0 Å². The Bertz CT molecular complexity index is 1120. The Morgan fingerprint density at radius 1 is 1.20 bits per heavy atom. The Kier molecular flexibility index (Phi) is 4.64. The minimum Gasteiger partial charge on any atom is -0.290 e. The highest BCUT2D eigenvalue weighted by Gasteiger charge is 2.12. The van der Waals surface area contributed by atoms with Gasteiger partial charge >= 0.3 is 0 Å². The van der Waals surface area contributed by atoms with E-state index in [1.54, 1.807) is 23.0 Å². The Morgan fingerprint density at radius 2 is 2.04 bits per heavy atom. The highest BCUT2D eigenvalue weighted by molar-refractivity contribution is 7.98. The van der Waals surface area contributed by atoms with Gasteiger partial charge in [-0.3, -0.25) is 9.36 Å². The molecule has 8 heteroatoms. The van der Waals surface area contributed by atoms with Gasteiger partial charge in [0.15, 0.2) is 5.16 Å². The number of hydrogen-bond acceptors (Lipinski definition) is 6. The third-order valence-electron chi connectivity index (χ3n) is 3.65. The minimum absolute atomic E-state index is 0.00228.